The number of fused-ring (bicyclic) bond motifs is 1. The highest BCUT2D eigenvalue weighted by Crippen LogP contribution is 2.32. The van der Waals surface area contributed by atoms with Gasteiger partial charge < -0.3 is 9.47 Å². The van der Waals surface area contributed by atoms with Crippen LogP contribution >= 0.6 is 15.9 Å². The van der Waals surface area contributed by atoms with Crippen molar-refractivity contribution in [2.45, 2.75) is 38.3 Å². The van der Waals surface area contributed by atoms with Crippen LogP contribution < -0.4 is 20.7 Å². The Morgan fingerprint density at radius 1 is 1.03 bits per heavy atom. The molecule has 1 saturated carbocycles. The molecule has 0 radical (unpaired) electrons. The van der Waals surface area contributed by atoms with Crippen LogP contribution in [0.15, 0.2) is 50.5 Å². The Bertz CT molecular complexity index is 1250. The molecule has 1 aromatic heterocycles. The van der Waals surface area contributed by atoms with Crippen molar-refractivity contribution in [2.75, 3.05) is 14.2 Å². The van der Waals surface area contributed by atoms with Gasteiger partial charge in [-0.3, -0.25) is 18.7 Å². The predicted molar refractivity (Wildman–Crippen MR) is 122 cm³/mol. The zero-order valence-corrected chi connectivity index (χ0v) is 19.0. The van der Waals surface area contributed by atoms with E-state index in [1.165, 1.54) is 23.4 Å². The van der Waals surface area contributed by atoms with Gasteiger partial charge in [-0.1, -0.05) is 40.9 Å². The van der Waals surface area contributed by atoms with Gasteiger partial charge in [0.15, 0.2) is 17.3 Å². The minimum absolute atomic E-state index is 0.161. The number of aromatic nitrogens is 2. The first kappa shape index (κ1) is 21.4. The Hall–Kier alpha value is -2.87. The van der Waals surface area contributed by atoms with Crippen LogP contribution in [0, 0.1) is 0 Å². The first-order chi connectivity index (χ1) is 14.9. The van der Waals surface area contributed by atoms with Gasteiger partial charge in [-0.2, -0.15) is 0 Å². The molecule has 8 heteroatoms. The summed E-state index contributed by atoms with van der Waals surface area (Å²) >= 11 is 3.36. The Morgan fingerprint density at radius 2 is 1.65 bits per heavy atom. The molecule has 4 rings (SSSR count). The Labute approximate surface area is 187 Å². The van der Waals surface area contributed by atoms with Crippen LogP contribution in [0.2, 0.25) is 0 Å². The molecule has 162 valence electrons. The molecule has 1 aliphatic rings. The molecule has 0 saturated heterocycles. The molecule has 3 aromatic rings. The van der Waals surface area contributed by atoms with Crippen LogP contribution in [0.4, 0.5) is 0 Å². The molecule has 1 fully saturated rings. The number of halogens is 1. The summed E-state index contributed by atoms with van der Waals surface area (Å²) in [6.45, 7) is -0.181. The summed E-state index contributed by atoms with van der Waals surface area (Å²) in [6, 6.07) is 9.98. The highest BCUT2D eigenvalue weighted by molar-refractivity contribution is 9.10. The lowest BCUT2D eigenvalue weighted by Gasteiger charge is -2.19. The zero-order chi connectivity index (χ0) is 22.1. The SMILES string of the molecule is COc1cc2c(=O)n(C3CCCC3)c(=O)n(CC(=O)c3ccc(Br)cc3)c2cc1OC. The molecule has 1 aliphatic carbocycles. The second kappa shape index (κ2) is 8.70. The maximum Gasteiger partial charge on any atom is 0.332 e. The molecule has 7 nitrogen and oxygen atoms in total. The van der Waals surface area contributed by atoms with Crippen LogP contribution in [0.1, 0.15) is 42.1 Å². The van der Waals surface area contributed by atoms with E-state index in [1.807, 2.05) is 0 Å². The number of Topliss-reactive ketones (excluding diaryl/α,β-unsaturated/α-hetero) is 1. The number of ether oxygens (including phenoxy) is 2. The van der Waals surface area contributed by atoms with E-state index >= 15 is 0 Å². The van der Waals surface area contributed by atoms with Crippen LogP contribution in [0.5, 0.6) is 11.5 Å². The van der Waals surface area contributed by atoms with Crippen LogP contribution in [0.25, 0.3) is 10.9 Å². The molecule has 0 spiro atoms. The quantitative estimate of drug-likeness (QED) is 0.493. The number of hydrogen-bond acceptors (Lipinski definition) is 5. The fraction of sp³-hybridized carbons (Fsp3) is 0.348. The normalized spacial score (nSPS) is 14.2. The fourth-order valence-corrected chi connectivity index (χ4v) is 4.48. The number of carbonyl (C=O) groups is 1. The van der Waals surface area contributed by atoms with Crippen molar-refractivity contribution >= 4 is 32.6 Å². The number of nitrogens with zero attached hydrogens (tertiary/aromatic N) is 2. The van der Waals surface area contributed by atoms with E-state index in [0.29, 0.717) is 28.0 Å². The smallest absolute Gasteiger partial charge is 0.332 e. The van der Waals surface area contributed by atoms with Crippen molar-refractivity contribution in [1.82, 2.24) is 9.13 Å². The van der Waals surface area contributed by atoms with Gasteiger partial charge in [0.25, 0.3) is 5.56 Å². The summed E-state index contributed by atoms with van der Waals surface area (Å²) in [4.78, 5) is 39.8. The zero-order valence-electron chi connectivity index (χ0n) is 17.4. The minimum atomic E-state index is -0.470. The predicted octanol–water partition coefficient (Wildman–Crippen LogP) is 3.94. The van der Waals surface area contributed by atoms with Crippen LogP contribution in [-0.4, -0.2) is 29.1 Å². The number of ketones is 1. The number of hydrogen-bond donors (Lipinski definition) is 0. The molecule has 0 bridgehead atoms. The van der Waals surface area contributed by atoms with Crippen molar-refractivity contribution < 1.29 is 14.3 Å². The number of carbonyl (C=O) groups excluding carboxylic acids is 1. The molecule has 0 N–H and O–H groups in total. The third-order valence-corrected chi connectivity index (χ3v) is 6.37. The van der Waals surface area contributed by atoms with E-state index in [2.05, 4.69) is 15.9 Å². The number of rotatable bonds is 6. The fourth-order valence-electron chi connectivity index (χ4n) is 4.22. The Morgan fingerprint density at radius 3 is 2.26 bits per heavy atom. The van der Waals surface area contributed by atoms with Crippen molar-refractivity contribution in [2.24, 2.45) is 0 Å². The van der Waals surface area contributed by atoms with Crippen molar-refractivity contribution in [3.63, 3.8) is 0 Å². The largest absolute Gasteiger partial charge is 0.493 e. The summed E-state index contributed by atoms with van der Waals surface area (Å²) < 4.78 is 14.3. The molecular weight excluding hydrogens is 464 g/mol. The summed E-state index contributed by atoms with van der Waals surface area (Å²) in [7, 11) is 2.98. The maximum atomic E-state index is 13.5. The van der Waals surface area contributed by atoms with E-state index in [4.69, 9.17) is 9.47 Å². The van der Waals surface area contributed by atoms with Crippen molar-refractivity contribution in [3.05, 3.63) is 67.3 Å². The van der Waals surface area contributed by atoms with Crippen LogP contribution in [-0.2, 0) is 6.54 Å². The Balaban J connectivity index is 1.94. The lowest BCUT2D eigenvalue weighted by molar-refractivity contribution is 0.0971. The average molecular weight is 487 g/mol. The van der Waals surface area contributed by atoms with E-state index < -0.39 is 5.69 Å². The van der Waals surface area contributed by atoms with Crippen molar-refractivity contribution in [3.8, 4) is 11.5 Å². The van der Waals surface area contributed by atoms with Gasteiger partial charge in [-0.05, 0) is 31.0 Å². The molecular formula is C23H23BrN2O5. The van der Waals surface area contributed by atoms with Gasteiger partial charge in [-0.25, -0.2) is 4.79 Å². The summed E-state index contributed by atoms with van der Waals surface area (Å²) in [5, 5.41) is 0.327. The first-order valence-electron chi connectivity index (χ1n) is 10.1. The molecule has 31 heavy (non-hydrogen) atoms. The number of methoxy groups -OCH3 is 2. The van der Waals surface area contributed by atoms with Crippen LogP contribution in [0.3, 0.4) is 0 Å². The molecule has 0 atom stereocenters. The second-order valence-corrected chi connectivity index (χ2v) is 8.55. The standard InChI is InChI=1S/C23H23BrN2O5/c1-30-20-11-17-18(12-21(20)31-2)25(13-19(27)14-7-9-15(24)10-8-14)23(29)26(22(17)28)16-5-3-4-6-16/h7-12,16H,3-6,13H2,1-2H3. The summed E-state index contributed by atoms with van der Waals surface area (Å²) in [5.74, 6) is 0.564. The summed E-state index contributed by atoms with van der Waals surface area (Å²) in [5.41, 5.74) is 0.0111. The minimum Gasteiger partial charge on any atom is -0.493 e. The Kier molecular flexibility index (Phi) is 6.00. The van der Waals surface area contributed by atoms with Gasteiger partial charge in [-0.15, -0.1) is 0 Å². The topological polar surface area (TPSA) is 79.5 Å². The maximum absolute atomic E-state index is 13.5. The highest BCUT2D eigenvalue weighted by Gasteiger charge is 2.25. The van der Waals surface area contributed by atoms with E-state index in [1.54, 1.807) is 36.4 Å². The van der Waals surface area contributed by atoms with Gasteiger partial charge in [0.1, 0.15) is 0 Å². The van der Waals surface area contributed by atoms with Gasteiger partial charge >= 0.3 is 5.69 Å². The molecule has 2 aromatic carbocycles. The third kappa shape index (κ3) is 3.92. The molecule has 1 heterocycles. The summed E-state index contributed by atoms with van der Waals surface area (Å²) in [6.07, 6.45) is 3.49. The molecule has 0 aliphatic heterocycles. The average Bonchev–Trinajstić information content (AvgIpc) is 3.30. The second-order valence-electron chi connectivity index (χ2n) is 7.64. The van der Waals surface area contributed by atoms with Gasteiger partial charge in [0, 0.05) is 22.1 Å². The van der Waals surface area contributed by atoms with E-state index in [-0.39, 0.29) is 23.9 Å². The third-order valence-electron chi connectivity index (χ3n) is 5.84. The van der Waals surface area contributed by atoms with Gasteiger partial charge in [0.05, 0.1) is 31.7 Å². The van der Waals surface area contributed by atoms with Crippen molar-refractivity contribution in [1.29, 1.82) is 0 Å². The highest BCUT2D eigenvalue weighted by atomic mass is 79.9. The lowest BCUT2D eigenvalue weighted by Crippen LogP contribution is -2.42. The van der Waals surface area contributed by atoms with Gasteiger partial charge in [0.2, 0.25) is 0 Å². The monoisotopic (exact) mass is 486 g/mol. The van der Waals surface area contributed by atoms with E-state index in [9.17, 15) is 14.4 Å². The first-order valence-corrected chi connectivity index (χ1v) is 10.9. The van der Waals surface area contributed by atoms with E-state index in [0.717, 1.165) is 30.2 Å². The number of benzene rings is 2. The molecule has 0 unspecified atom stereocenters. The lowest BCUT2D eigenvalue weighted by atomic mass is 10.1. The molecule has 0 amide bonds.